The fourth-order valence-corrected chi connectivity index (χ4v) is 4.28. The summed E-state index contributed by atoms with van der Waals surface area (Å²) in [7, 11) is 0. The Balaban J connectivity index is 1.70. The summed E-state index contributed by atoms with van der Waals surface area (Å²) >= 11 is 0. The summed E-state index contributed by atoms with van der Waals surface area (Å²) in [5.41, 5.74) is 1.28. The Bertz CT molecular complexity index is 487. The monoisotopic (exact) mass is 257 g/mol. The molecule has 4 atom stereocenters. The first-order chi connectivity index (χ1) is 9.34. The molecule has 100 valence electrons. The zero-order valence-corrected chi connectivity index (χ0v) is 11.0. The van der Waals surface area contributed by atoms with Crippen LogP contribution >= 0.6 is 0 Å². The molecule has 3 aliphatic rings. The Hall–Kier alpha value is -1.35. The second-order valence-electron chi connectivity index (χ2n) is 6.01. The maximum atomic E-state index is 12.0. The minimum Gasteiger partial charge on any atom is -0.462 e. The zero-order valence-electron chi connectivity index (χ0n) is 11.0. The van der Waals surface area contributed by atoms with Crippen molar-refractivity contribution < 1.29 is 9.53 Å². The number of morpholine rings is 1. The molecule has 0 amide bonds. The molecule has 0 spiro atoms. The Morgan fingerprint density at radius 2 is 1.95 bits per heavy atom. The summed E-state index contributed by atoms with van der Waals surface area (Å²) in [6.45, 7) is 0.516. The fraction of sp³-hybridized carbons (Fsp3) is 0.562. The SMILES string of the molecule is O=C1OC[C@@H](c2ccccc2)N2[C@H]1C[C@@H]1CCC[C@@H]12. The van der Waals surface area contributed by atoms with E-state index in [9.17, 15) is 4.79 Å². The topological polar surface area (TPSA) is 29.5 Å². The van der Waals surface area contributed by atoms with Crippen molar-refractivity contribution in [1.82, 2.24) is 4.90 Å². The van der Waals surface area contributed by atoms with Crippen molar-refractivity contribution >= 4 is 5.97 Å². The number of carbonyl (C=O) groups is 1. The Morgan fingerprint density at radius 3 is 2.79 bits per heavy atom. The molecule has 2 heterocycles. The molecule has 3 heteroatoms. The van der Waals surface area contributed by atoms with E-state index in [1.54, 1.807) is 0 Å². The van der Waals surface area contributed by atoms with E-state index in [1.807, 2.05) is 6.07 Å². The van der Waals surface area contributed by atoms with Gasteiger partial charge < -0.3 is 4.74 Å². The van der Waals surface area contributed by atoms with Gasteiger partial charge in [0.2, 0.25) is 0 Å². The third-order valence-electron chi connectivity index (χ3n) is 5.09. The fourth-order valence-electron chi connectivity index (χ4n) is 4.28. The van der Waals surface area contributed by atoms with Gasteiger partial charge in [0, 0.05) is 6.04 Å². The first-order valence-electron chi connectivity index (χ1n) is 7.33. The highest BCUT2D eigenvalue weighted by atomic mass is 16.5. The summed E-state index contributed by atoms with van der Waals surface area (Å²) in [4.78, 5) is 14.5. The third-order valence-corrected chi connectivity index (χ3v) is 5.09. The van der Waals surface area contributed by atoms with Crippen LogP contribution in [0.15, 0.2) is 30.3 Å². The van der Waals surface area contributed by atoms with E-state index in [-0.39, 0.29) is 18.1 Å². The Labute approximate surface area is 113 Å². The minimum atomic E-state index is 0.00146. The highest BCUT2D eigenvalue weighted by molar-refractivity contribution is 5.77. The van der Waals surface area contributed by atoms with Crippen LogP contribution in [0.2, 0.25) is 0 Å². The van der Waals surface area contributed by atoms with Gasteiger partial charge in [-0.25, -0.2) is 0 Å². The molecule has 3 nitrogen and oxygen atoms in total. The van der Waals surface area contributed by atoms with E-state index in [0.29, 0.717) is 18.6 Å². The second kappa shape index (κ2) is 4.34. The minimum absolute atomic E-state index is 0.00146. The van der Waals surface area contributed by atoms with Gasteiger partial charge >= 0.3 is 5.97 Å². The van der Waals surface area contributed by atoms with E-state index in [2.05, 4.69) is 29.2 Å². The lowest BCUT2D eigenvalue weighted by atomic mass is 10.0. The molecule has 1 aromatic rings. The lowest BCUT2D eigenvalue weighted by molar-refractivity contribution is -0.162. The molecule has 0 bridgehead atoms. The Kier molecular flexibility index (Phi) is 2.62. The van der Waals surface area contributed by atoms with Crippen LogP contribution in [0, 0.1) is 5.92 Å². The maximum absolute atomic E-state index is 12.0. The molecule has 3 fully saturated rings. The Morgan fingerprint density at radius 1 is 1.11 bits per heavy atom. The molecule has 1 saturated carbocycles. The van der Waals surface area contributed by atoms with E-state index >= 15 is 0 Å². The summed E-state index contributed by atoms with van der Waals surface area (Å²) < 4.78 is 5.44. The summed E-state index contributed by atoms with van der Waals surface area (Å²) in [6, 6.07) is 11.4. The third kappa shape index (κ3) is 1.71. The number of hydrogen-bond acceptors (Lipinski definition) is 3. The predicted molar refractivity (Wildman–Crippen MR) is 71.5 cm³/mol. The number of ether oxygens (including phenoxy) is 1. The lowest BCUT2D eigenvalue weighted by Gasteiger charge is -2.39. The van der Waals surface area contributed by atoms with Crippen LogP contribution in [0.4, 0.5) is 0 Å². The van der Waals surface area contributed by atoms with E-state index in [0.717, 1.165) is 6.42 Å². The molecule has 4 rings (SSSR count). The first kappa shape index (κ1) is 11.5. The average molecular weight is 257 g/mol. The van der Waals surface area contributed by atoms with Gasteiger partial charge in [0.1, 0.15) is 12.6 Å². The van der Waals surface area contributed by atoms with Crippen LogP contribution in [0.25, 0.3) is 0 Å². The van der Waals surface area contributed by atoms with Gasteiger partial charge in [-0.05, 0) is 30.7 Å². The average Bonchev–Trinajstić information content (AvgIpc) is 3.02. The molecule has 2 aliphatic heterocycles. The molecule has 0 unspecified atom stereocenters. The quantitative estimate of drug-likeness (QED) is 0.724. The van der Waals surface area contributed by atoms with Crippen LogP contribution in [-0.2, 0) is 9.53 Å². The second-order valence-corrected chi connectivity index (χ2v) is 6.01. The van der Waals surface area contributed by atoms with Crippen LogP contribution in [0.3, 0.4) is 0 Å². The van der Waals surface area contributed by atoms with Crippen molar-refractivity contribution in [2.75, 3.05) is 6.61 Å². The zero-order chi connectivity index (χ0) is 12.8. The summed E-state index contributed by atoms with van der Waals surface area (Å²) in [5.74, 6) is 0.712. The molecule has 0 radical (unpaired) electrons. The van der Waals surface area contributed by atoms with Gasteiger partial charge in [-0.3, -0.25) is 9.69 Å². The number of cyclic esters (lactones) is 1. The number of rotatable bonds is 1. The van der Waals surface area contributed by atoms with Gasteiger partial charge in [0.25, 0.3) is 0 Å². The largest absolute Gasteiger partial charge is 0.462 e. The molecule has 2 saturated heterocycles. The number of esters is 1. The van der Waals surface area contributed by atoms with Crippen LogP contribution in [0.5, 0.6) is 0 Å². The highest BCUT2D eigenvalue weighted by Crippen LogP contribution is 2.47. The number of benzene rings is 1. The maximum Gasteiger partial charge on any atom is 0.323 e. The molecule has 19 heavy (non-hydrogen) atoms. The molecule has 1 aliphatic carbocycles. The molecular formula is C16H19NO2. The van der Waals surface area contributed by atoms with Crippen molar-refractivity contribution in [3.8, 4) is 0 Å². The van der Waals surface area contributed by atoms with Crippen LogP contribution in [0.1, 0.15) is 37.3 Å². The lowest BCUT2D eigenvalue weighted by Crippen LogP contribution is -2.49. The number of nitrogens with zero attached hydrogens (tertiary/aromatic N) is 1. The highest BCUT2D eigenvalue weighted by Gasteiger charge is 2.52. The van der Waals surface area contributed by atoms with Crippen LogP contribution < -0.4 is 0 Å². The van der Waals surface area contributed by atoms with Gasteiger partial charge in [-0.15, -0.1) is 0 Å². The van der Waals surface area contributed by atoms with Gasteiger partial charge in [-0.1, -0.05) is 36.8 Å². The molecule has 0 aromatic heterocycles. The molecule has 1 aromatic carbocycles. The van der Waals surface area contributed by atoms with Gasteiger partial charge in [-0.2, -0.15) is 0 Å². The van der Waals surface area contributed by atoms with E-state index < -0.39 is 0 Å². The van der Waals surface area contributed by atoms with Crippen molar-refractivity contribution in [1.29, 1.82) is 0 Å². The van der Waals surface area contributed by atoms with E-state index in [4.69, 9.17) is 4.74 Å². The van der Waals surface area contributed by atoms with Gasteiger partial charge in [0.15, 0.2) is 0 Å². The number of hydrogen-bond donors (Lipinski definition) is 0. The predicted octanol–water partition coefficient (Wildman–Crippen LogP) is 2.53. The van der Waals surface area contributed by atoms with Crippen molar-refractivity contribution in [3.05, 3.63) is 35.9 Å². The van der Waals surface area contributed by atoms with Gasteiger partial charge in [0.05, 0.1) is 6.04 Å². The standard InChI is InChI=1S/C16H19NO2/c18-16-14-9-12-7-4-8-13(12)17(14)15(10-19-16)11-5-2-1-3-6-11/h1-3,5-6,12-15H,4,7-10H2/t12-,13-,14-,15-/m0/s1. The summed E-state index contributed by atoms with van der Waals surface area (Å²) in [6.07, 6.45) is 4.85. The smallest absolute Gasteiger partial charge is 0.323 e. The number of carbonyl (C=O) groups excluding carboxylic acids is 1. The molecular weight excluding hydrogens is 238 g/mol. The van der Waals surface area contributed by atoms with Crippen molar-refractivity contribution in [2.24, 2.45) is 5.92 Å². The van der Waals surface area contributed by atoms with Crippen LogP contribution in [-0.4, -0.2) is 29.6 Å². The van der Waals surface area contributed by atoms with Crippen molar-refractivity contribution in [3.63, 3.8) is 0 Å². The summed E-state index contributed by atoms with van der Waals surface area (Å²) in [5, 5.41) is 0. The normalized spacial score (nSPS) is 37.8. The van der Waals surface area contributed by atoms with E-state index in [1.165, 1.54) is 24.8 Å². The number of fused-ring (bicyclic) bond motifs is 3. The van der Waals surface area contributed by atoms with Crippen molar-refractivity contribution in [2.45, 2.75) is 43.8 Å². The molecule has 0 N–H and O–H groups in total. The first-order valence-corrected chi connectivity index (χ1v) is 7.33.